The summed E-state index contributed by atoms with van der Waals surface area (Å²) < 4.78 is 37.5. The van der Waals surface area contributed by atoms with Gasteiger partial charge < -0.3 is 5.32 Å². The first-order valence-corrected chi connectivity index (χ1v) is 7.17. The molecule has 1 heterocycles. The summed E-state index contributed by atoms with van der Waals surface area (Å²) in [6.07, 6.45) is -4.28. The first kappa shape index (κ1) is 15.1. The van der Waals surface area contributed by atoms with Crippen LogP contribution in [0.1, 0.15) is 24.3 Å². The van der Waals surface area contributed by atoms with Crippen LogP contribution in [-0.2, 0) is 12.7 Å². The van der Waals surface area contributed by atoms with Crippen molar-refractivity contribution in [3.05, 3.63) is 46.8 Å². The third-order valence-corrected chi connectivity index (χ3v) is 3.98. The highest BCUT2D eigenvalue weighted by atomic mass is 32.1. The predicted molar refractivity (Wildman–Crippen MR) is 76.7 cm³/mol. The number of hydrogen-bond acceptors (Lipinski definition) is 2. The highest BCUT2D eigenvalue weighted by Gasteiger charge is 2.29. The fourth-order valence-corrected chi connectivity index (χ4v) is 2.72. The zero-order valence-corrected chi connectivity index (χ0v) is 12.1. The first-order valence-electron chi connectivity index (χ1n) is 6.36. The lowest BCUT2D eigenvalue weighted by Crippen LogP contribution is -2.21. The summed E-state index contributed by atoms with van der Waals surface area (Å²) in [5.74, 6) is 0. The van der Waals surface area contributed by atoms with E-state index >= 15 is 0 Å². The predicted octanol–water partition coefficient (Wildman–Crippen LogP) is 4.93. The Bertz CT molecular complexity index is 555. The number of thiophene rings is 1. The van der Waals surface area contributed by atoms with Crippen LogP contribution in [0.25, 0.3) is 10.4 Å². The fourth-order valence-electron chi connectivity index (χ4n) is 1.76. The molecule has 0 aliphatic rings. The van der Waals surface area contributed by atoms with Crippen LogP contribution in [0.3, 0.4) is 0 Å². The number of alkyl halides is 3. The van der Waals surface area contributed by atoms with Gasteiger partial charge in [0.25, 0.3) is 0 Å². The van der Waals surface area contributed by atoms with Gasteiger partial charge in [0.1, 0.15) is 0 Å². The number of benzene rings is 1. The van der Waals surface area contributed by atoms with Gasteiger partial charge in [0.15, 0.2) is 0 Å². The molecule has 0 aliphatic carbocycles. The van der Waals surface area contributed by atoms with Crippen molar-refractivity contribution in [2.45, 2.75) is 32.6 Å². The smallest absolute Gasteiger partial charge is 0.310 e. The number of halogens is 3. The van der Waals surface area contributed by atoms with E-state index in [1.807, 2.05) is 12.1 Å². The Labute approximate surface area is 120 Å². The molecule has 0 amide bonds. The summed E-state index contributed by atoms with van der Waals surface area (Å²) in [4.78, 5) is 2.16. The van der Waals surface area contributed by atoms with Crippen LogP contribution < -0.4 is 5.32 Å². The maximum Gasteiger partial charge on any atom is 0.416 e. The molecule has 0 atom stereocenters. The third-order valence-electron chi connectivity index (χ3n) is 2.84. The van der Waals surface area contributed by atoms with Crippen LogP contribution in [0.2, 0.25) is 0 Å². The average Bonchev–Trinajstić information content (AvgIpc) is 2.84. The van der Waals surface area contributed by atoms with Crippen molar-refractivity contribution >= 4 is 11.3 Å². The lowest BCUT2D eigenvalue weighted by molar-refractivity contribution is -0.137. The number of hydrogen-bond donors (Lipinski definition) is 1. The summed E-state index contributed by atoms with van der Waals surface area (Å²) in [7, 11) is 0. The van der Waals surface area contributed by atoms with E-state index in [0.29, 0.717) is 6.04 Å². The van der Waals surface area contributed by atoms with Crippen LogP contribution in [0, 0.1) is 0 Å². The lowest BCUT2D eigenvalue weighted by atomic mass is 10.1. The number of nitrogens with one attached hydrogen (secondary N) is 1. The molecular weight excluding hydrogens is 283 g/mol. The quantitative estimate of drug-likeness (QED) is 0.844. The van der Waals surface area contributed by atoms with Gasteiger partial charge >= 0.3 is 6.18 Å². The molecule has 108 valence electrons. The minimum Gasteiger partial charge on any atom is -0.310 e. The standard InChI is InChI=1S/C15H16F3NS/c1-10(2)19-9-13-7-8-14(20-13)11-3-5-12(6-4-11)15(16,17)18/h3-8,10,19H,9H2,1-2H3. The van der Waals surface area contributed by atoms with Crippen LogP contribution in [-0.4, -0.2) is 6.04 Å². The molecule has 1 aromatic heterocycles. The van der Waals surface area contributed by atoms with Crippen LogP contribution in [0.4, 0.5) is 13.2 Å². The fraction of sp³-hybridized carbons (Fsp3) is 0.333. The maximum atomic E-state index is 12.5. The zero-order chi connectivity index (χ0) is 14.8. The van der Waals surface area contributed by atoms with Gasteiger partial charge in [-0.25, -0.2) is 0 Å². The third kappa shape index (κ3) is 3.84. The van der Waals surface area contributed by atoms with E-state index < -0.39 is 11.7 Å². The minimum atomic E-state index is -4.28. The van der Waals surface area contributed by atoms with Crippen molar-refractivity contribution in [1.82, 2.24) is 5.32 Å². The summed E-state index contributed by atoms with van der Waals surface area (Å²) in [5, 5.41) is 3.32. The largest absolute Gasteiger partial charge is 0.416 e. The molecule has 0 saturated carbocycles. The normalized spacial score (nSPS) is 12.1. The van der Waals surface area contributed by atoms with E-state index in [4.69, 9.17) is 0 Å². The molecule has 1 aromatic carbocycles. The Kier molecular flexibility index (Phi) is 4.50. The van der Waals surface area contributed by atoms with Crippen molar-refractivity contribution < 1.29 is 13.2 Å². The second-order valence-corrected chi connectivity index (χ2v) is 6.04. The van der Waals surface area contributed by atoms with Crippen LogP contribution in [0.5, 0.6) is 0 Å². The lowest BCUT2D eigenvalue weighted by Gasteiger charge is -2.07. The molecule has 0 spiro atoms. The van der Waals surface area contributed by atoms with E-state index in [1.54, 1.807) is 11.3 Å². The molecule has 1 nitrogen and oxygen atoms in total. The first-order chi connectivity index (χ1) is 9.36. The SMILES string of the molecule is CC(C)NCc1ccc(-c2ccc(C(F)(F)F)cc2)s1. The van der Waals surface area contributed by atoms with Gasteiger partial charge in [0.2, 0.25) is 0 Å². The Morgan fingerprint density at radius 1 is 1.05 bits per heavy atom. The average molecular weight is 299 g/mol. The summed E-state index contributed by atoms with van der Waals surface area (Å²) in [6.45, 7) is 4.93. The molecule has 20 heavy (non-hydrogen) atoms. The topological polar surface area (TPSA) is 12.0 Å². The van der Waals surface area contributed by atoms with E-state index in [9.17, 15) is 13.2 Å². The Balaban J connectivity index is 2.12. The molecule has 0 bridgehead atoms. The highest BCUT2D eigenvalue weighted by molar-refractivity contribution is 7.15. The van der Waals surface area contributed by atoms with Gasteiger partial charge in [0.05, 0.1) is 5.56 Å². The molecule has 1 N–H and O–H groups in total. The van der Waals surface area contributed by atoms with E-state index in [1.165, 1.54) is 17.0 Å². The maximum absolute atomic E-state index is 12.5. The summed E-state index contributed by atoms with van der Waals surface area (Å²) in [6, 6.07) is 9.66. The zero-order valence-electron chi connectivity index (χ0n) is 11.3. The number of rotatable bonds is 4. The van der Waals surface area contributed by atoms with Gasteiger partial charge in [-0.2, -0.15) is 13.2 Å². The van der Waals surface area contributed by atoms with Crippen molar-refractivity contribution in [2.24, 2.45) is 0 Å². The summed E-state index contributed by atoms with van der Waals surface area (Å²) in [5.41, 5.74) is 0.207. The van der Waals surface area contributed by atoms with Gasteiger partial charge in [-0.3, -0.25) is 0 Å². The van der Waals surface area contributed by atoms with Crippen molar-refractivity contribution in [1.29, 1.82) is 0 Å². The Morgan fingerprint density at radius 2 is 1.70 bits per heavy atom. The van der Waals surface area contributed by atoms with E-state index in [0.717, 1.165) is 29.1 Å². The molecule has 2 aromatic rings. The molecule has 0 saturated heterocycles. The van der Waals surface area contributed by atoms with Gasteiger partial charge in [0, 0.05) is 22.3 Å². The van der Waals surface area contributed by atoms with Crippen molar-refractivity contribution in [2.75, 3.05) is 0 Å². The second-order valence-electron chi connectivity index (χ2n) is 4.88. The molecule has 0 fully saturated rings. The van der Waals surface area contributed by atoms with Gasteiger partial charge in [-0.1, -0.05) is 26.0 Å². The van der Waals surface area contributed by atoms with E-state index in [2.05, 4.69) is 19.2 Å². The Morgan fingerprint density at radius 3 is 2.25 bits per heavy atom. The highest BCUT2D eigenvalue weighted by Crippen LogP contribution is 2.33. The van der Waals surface area contributed by atoms with E-state index in [-0.39, 0.29) is 0 Å². The minimum absolute atomic E-state index is 0.409. The van der Waals surface area contributed by atoms with Gasteiger partial charge in [-0.15, -0.1) is 11.3 Å². The molecule has 0 aliphatic heterocycles. The molecular formula is C15H16F3NS. The molecule has 5 heteroatoms. The van der Waals surface area contributed by atoms with Crippen LogP contribution >= 0.6 is 11.3 Å². The molecule has 0 radical (unpaired) electrons. The van der Waals surface area contributed by atoms with Crippen molar-refractivity contribution in [3.63, 3.8) is 0 Å². The summed E-state index contributed by atoms with van der Waals surface area (Å²) >= 11 is 1.60. The molecule has 2 rings (SSSR count). The monoisotopic (exact) mass is 299 g/mol. The molecule has 0 unspecified atom stereocenters. The Hall–Kier alpha value is -1.33. The van der Waals surface area contributed by atoms with Crippen molar-refractivity contribution in [3.8, 4) is 10.4 Å². The van der Waals surface area contributed by atoms with Gasteiger partial charge in [-0.05, 0) is 29.8 Å². The van der Waals surface area contributed by atoms with Crippen LogP contribution in [0.15, 0.2) is 36.4 Å². The second kappa shape index (κ2) is 5.97.